The summed E-state index contributed by atoms with van der Waals surface area (Å²) in [5.74, 6) is -1.81. The SMILES string of the molecule is Cc1cc(C)c(CNC(=O)c2cc(-c3ccc(N4CCN(CCNC(=O)CCOCCOCCOCCOCCOCCOCCOCCOCCOCCOCCOCCOCCNc5cccc6c5C(=O)N(C5CCC(=O)NC5=O)C6=O)CC4)nc3)cc(NC(C)C)c2C=N)c(=O)[nH]1. The molecule has 0 radical (unpaired) electrons. The summed E-state index contributed by atoms with van der Waals surface area (Å²) in [6.07, 6.45) is 3.39. The maximum atomic E-state index is 13.7. The molecule has 1 atom stereocenters. The van der Waals surface area contributed by atoms with Gasteiger partial charge in [-0.25, -0.2) is 4.98 Å². The van der Waals surface area contributed by atoms with Crippen LogP contribution in [0.5, 0.6) is 0 Å². The van der Waals surface area contributed by atoms with Gasteiger partial charge in [-0.2, -0.15) is 0 Å². The van der Waals surface area contributed by atoms with Crippen molar-refractivity contribution in [3.05, 3.63) is 104 Å². The number of aromatic amines is 1. The number of amides is 6. The van der Waals surface area contributed by atoms with Gasteiger partial charge in [0.25, 0.3) is 23.3 Å². The standard InChI is InChI=1S/C70H101N11O19/c1-50(2)76-60-46-54(45-56(57(60)47-71)66(84)75-49-58-51(3)44-52(4)77-67(58)85)53-8-10-62(74-48-53)80-18-16-79(17-19-80)15-13-73-63(82)12-20-89-22-24-91-26-28-93-30-32-95-34-36-97-38-40-99-42-43-100-41-39-98-37-35-96-33-31-94-29-27-92-25-23-90-21-14-72-59-7-5-6-55-65(59)70(88)81(69(55)87)61-9-11-64(83)78-68(61)86/h5-8,10,44-48,50,61,71-72,76H,9,11-43,49H2,1-4H3,(H,73,82)(H,75,84)(H,77,85)(H,78,83,86). The summed E-state index contributed by atoms with van der Waals surface area (Å²) in [6, 6.07) is 13.5. The fourth-order valence-corrected chi connectivity index (χ4v) is 11.0. The largest absolute Gasteiger partial charge is 0.382 e. The third kappa shape index (κ3) is 27.3. The summed E-state index contributed by atoms with van der Waals surface area (Å²) in [6.45, 7) is 22.5. The average Bonchev–Trinajstić information content (AvgIpc) is 1.60. The van der Waals surface area contributed by atoms with Gasteiger partial charge >= 0.3 is 0 Å². The number of H-pyrrole nitrogens is 1. The zero-order valence-corrected chi connectivity index (χ0v) is 58.2. The number of anilines is 3. The number of aromatic nitrogens is 2. The van der Waals surface area contributed by atoms with E-state index in [4.69, 9.17) is 67.2 Å². The number of hydrogen-bond acceptors (Lipinski definition) is 25. The van der Waals surface area contributed by atoms with Gasteiger partial charge in [-0.05, 0) is 87.7 Å². The van der Waals surface area contributed by atoms with Crippen LogP contribution in [0.3, 0.4) is 0 Å². The van der Waals surface area contributed by atoms with Crippen LogP contribution in [0.1, 0.15) is 86.6 Å². The Morgan fingerprint density at radius 1 is 0.620 bits per heavy atom. The fourth-order valence-electron chi connectivity index (χ4n) is 11.0. The van der Waals surface area contributed by atoms with Gasteiger partial charge in [0.15, 0.2) is 0 Å². The molecule has 3 aliphatic rings. The number of carbonyl (C=O) groups is 6. The molecule has 2 aromatic heterocycles. The van der Waals surface area contributed by atoms with E-state index in [0.717, 1.165) is 65.8 Å². The minimum atomic E-state index is -1.02. The van der Waals surface area contributed by atoms with Crippen molar-refractivity contribution in [2.45, 2.75) is 65.6 Å². The highest BCUT2D eigenvalue weighted by Crippen LogP contribution is 2.33. The molecule has 2 fully saturated rings. The van der Waals surface area contributed by atoms with E-state index in [1.807, 2.05) is 52.0 Å². The molecular weight excluding hydrogens is 1300 g/mol. The third-order valence-corrected chi connectivity index (χ3v) is 16.1. The Morgan fingerprint density at radius 2 is 1.16 bits per heavy atom. The van der Waals surface area contributed by atoms with Gasteiger partial charge in [-0.15, -0.1) is 0 Å². The zero-order valence-electron chi connectivity index (χ0n) is 58.2. The second kappa shape index (κ2) is 45.2. The second-order valence-corrected chi connectivity index (χ2v) is 23.8. The molecular formula is C70H101N11O19. The van der Waals surface area contributed by atoms with Crippen LogP contribution >= 0.6 is 0 Å². The smallest absolute Gasteiger partial charge is 0.264 e. The molecule has 2 aromatic carbocycles. The Morgan fingerprint density at radius 3 is 1.66 bits per heavy atom. The number of rotatable bonds is 52. The Hall–Kier alpha value is -7.69. The van der Waals surface area contributed by atoms with Crippen molar-refractivity contribution in [2.24, 2.45) is 0 Å². The number of imide groups is 2. The van der Waals surface area contributed by atoms with Gasteiger partial charge in [0.05, 0.1) is 175 Å². The highest BCUT2D eigenvalue weighted by atomic mass is 16.6. The van der Waals surface area contributed by atoms with E-state index in [1.54, 1.807) is 30.5 Å². The van der Waals surface area contributed by atoms with Crippen LogP contribution in [-0.2, 0) is 77.8 Å². The minimum absolute atomic E-state index is 0.0434. The molecule has 550 valence electrons. The summed E-state index contributed by atoms with van der Waals surface area (Å²) in [5, 5.41) is 22.8. The lowest BCUT2D eigenvalue weighted by atomic mass is 9.97. The van der Waals surface area contributed by atoms with Gasteiger partial charge in [0.2, 0.25) is 17.7 Å². The van der Waals surface area contributed by atoms with E-state index in [-0.39, 0.29) is 54.4 Å². The molecule has 6 amide bonds. The van der Waals surface area contributed by atoms with Crippen LogP contribution in [0.25, 0.3) is 11.1 Å². The highest BCUT2D eigenvalue weighted by Gasteiger charge is 2.45. The molecule has 100 heavy (non-hydrogen) atoms. The first kappa shape index (κ1) is 79.6. The van der Waals surface area contributed by atoms with Crippen LogP contribution < -0.4 is 37.0 Å². The van der Waals surface area contributed by atoms with Crippen LogP contribution in [-0.4, -0.2) is 278 Å². The number of benzene rings is 2. The molecule has 30 heteroatoms. The number of fused-ring (bicyclic) bond motifs is 1. The van der Waals surface area contributed by atoms with E-state index in [9.17, 15) is 33.6 Å². The van der Waals surface area contributed by atoms with Crippen molar-refractivity contribution < 1.29 is 85.6 Å². The van der Waals surface area contributed by atoms with Gasteiger partial charge < -0.3 is 93.4 Å². The summed E-state index contributed by atoms with van der Waals surface area (Å²) in [4.78, 5) is 102. The van der Waals surface area contributed by atoms with E-state index in [0.29, 0.717) is 200 Å². The Balaban J connectivity index is 0.564. The van der Waals surface area contributed by atoms with Gasteiger partial charge in [-0.1, -0.05) is 6.07 Å². The second-order valence-electron chi connectivity index (χ2n) is 23.8. The summed E-state index contributed by atoms with van der Waals surface area (Å²) in [5.41, 5.74) is 5.66. The normalized spacial score (nSPS) is 14.8. The highest BCUT2D eigenvalue weighted by molar-refractivity contribution is 6.25. The molecule has 7 rings (SSSR count). The van der Waals surface area contributed by atoms with Crippen LogP contribution in [0.4, 0.5) is 17.2 Å². The molecule has 4 aromatic rings. The lowest BCUT2D eigenvalue weighted by Crippen LogP contribution is -2.54. The molecule has 30 nitrogen and oxygen atoms in total. The predicted octanol–water partition coefficient (Wildman–Crippen LogP) is 3.14. The monoisotopic (exact) mass is 1400 g/mol. The number of piperidine rings is 1. The molecule has 0 bridgehead atoms. The lowest BCUT2D eigenvalue weighted by Gasteiger charge is -2.35. The molecule has 5 heterocycles. The van der Waals surface area contributed by atoms with E-state index < -0.39 is 35.6 Å². The average molecular weight is 1400 g/mol. The number of piperazine rings is 1. The first-order valence-electron chi connectivity index (χ1n) is 34.4. The predicted molar refractivity (Wildman–Crippen MR) is 372 cm³/mol. The first-order valence-corrected chi connectivity index (χ1v) is 34.4. The van der Waals surface area contributed by atoms with Gasteiger partial charge in [0, 0.05) is 117 Å². The number of ether oxygens (including phenoxy) is 12. The molecule has 3 aliphatic heterocycles. The van der Waals surface area contributed by atoms with Crippen molar-refractivity contribution in [3.8, 4) is 11.1 Å². The summed E-state index contributed by atoms with van der Waals surface area (Å²) < 4.78 is 66.7. The van der Waals surface area contributed by atoms with E-state index >= 15 is 0 Å². The first-order chi connectivity index (χ1) is 48.7. The number of pyridine rings is 2. The molecule has 1 unspecified atom stereocenters. The summed E-state index contributed by atoms with van der Waals surface area (Å²) in [7, 11) is 0. The maximum Gasteiger partial charge on any atom is 0.264 e. The van der Waals surface area contributed by atoms with Gasteiger partial charge in [-0.3, -0.25) is 48.7 Å². The minimum Gasteiger partial charge on any atom is -0.382 e. The summed E-state index contributed by atoms with van der Waals surface area (Å²) >= 11 is 0. The molecule has 0 spiro atoms. The number of aryl methyl sites for hydroxylation is 2. The third-order valence-electron chi connectivity index (χ3n) is 16.1. The van der Waals surface area contributed by atoms with Crippen molar-refractivity contribution in [1.29, 1.82) is 5.41 Å². The Kier molecular flexibility index (Phi) is 36.0. The molecule has 0 saturated carbocycles. The lowest BCUT2D eigenvalue weighted by molar-refractivity contribution is -0.136. The number of nitrogens with zero attached hydrogens (tertiary/aromatic N) is 4. The molecule has 2 saturated heterocycles. The van der Waals surface area contributed by atoms with Crippen molar-refractivity contribution in [1.82, 2.24) is 35.7 Å². The Labute approximate surface area is 584 Å². The van der Waals surface area contributed by atoms with Crippen molar-refractivity contribution in [3.63, 3.8) is 0 Å². The quantitative estimate of drug-likeness (QED) is 0.0190. The number of carbonyl (C=O) groups excluding carboxylic acids is 6. The van der Waals surface area contributed by atoms with E-state index in [1.165, 1.54) is 6.21 Å². The van der Waals surface area contributed by atoms with Crippen LogP contribution in [0.15, 0.2) is 59.5 Å². The molecule has 0 aliphatic carbocycles. The zero-order chi connectivity index (χ0) is 71.1. The fraction of sp³-hybridized carbons (Fsp3) is 0.586. The molecule has 7 N–H and O–H groups in total. The number of hydrogen-bond donors (Lipinski definition) is 7. The number of nitrogens with one attached hydrogen (secondary N) is 7. The van der Waals surface area contributed by atoms with Crippen molar-refractivity contribution in [2.75, 3.05) is 220 Å². The van der Waals surface area contributed by atoms with E-state index in [2.05, 4.69) is 41.4 Å². The Bertz CT molecular complexity index is 3260. The topological polar surface area (TPSA) is 353 Å². The van der Waals surface area contributed by atoms with Crippen LogP contribution in [0.2, 0.25) is 0 Å². The van der Waals surface area contributed by atoms with Gasteiger partial charge in [0.1, 0.15) is 11.9 Å². The van der Waals surface area contributed by atoms with Crippen molar-refractivity contribution >= 4 is 58.9 Å². The van der Waals surface area contributed by atoms with Crippen LogP contribution in [0, 0.1) is 19.3 Å². The maximum absolute atomic E-state index is 13.7.